The molecular formula is C36H42N4O3. The number of fused-ring (bicyclic) bond motifs is 2. The average molecular weight is 579 g/mol. The predicted molar refractivity (Wildman–Crippen MR) is 174 cm³/mol. The molecule has 7 nitrogen and oxygen atoms in total. The molecule has 7 heteroatoms. The standard InChI is InChI=1S/C36H42N4O3/c1-9-38-34(43)25-13-17-29-27(21-25)36(4,5)31(40(29)8)19-15-23-11-10-22(32(23)41)14-18-30-35(2,3)26-20-24(33(42)37-6)12-16-28(26)39(30)7/h12-21H,9-11H2,1-8H3,(H,37,42)(H,38,43)/b22-14+,23-15+,30-18?,31-19?. The van der Waals surface area contributed by atoms with E-state index in [0.717, 1.165) is 45.0 Å². The van der Waals surface area contributed by atoms with E-state index < -0.39 is 0 Å². The van der Waals surface area contributed by atoms with Crippen molar-refractivity contribution in [2.24, 2.45) is 0 Å². The van der Waals surface area contributed by atoms with Crippen molar-refractivity contribution in [3.63, 3.8) is 0 Å². The molecule has 1 aliphatic carbocycles. The van der Waals surface area contributed by atoms with Gasteiger partial charge in [0.25, 0.3) is 11.8 Å². The van der Waals surface area contributed by atoms with Gasteiger partial charge in [-0.3, -0.25) is 14.4 Å². The highest BCUT2D eigenvalue weighted by atomic mass is 16.2. The minimum atomic E-state index is -0.320. The lowest BCUT2D eigenvalue weighted by Gasteiger charge is -2.24. The van der Waals surface area contributed by atoms with Crippen molar-refractivity contribution < 1.29 is 14.4 Å². The molecule has 0 atom stereocenters. The number of rotatable bonds is 5. The molecular weight excluding hydrogens is 536 g/mol. The van der Waals surface area contributed by atoms with Gasteiger partial charge in [-0.05, 0) is 79.4 Å². The number of benzene rings is 2. The summed E-state index contributed by atoms with van der Waals surface area (Å²) in [7, 11) is 5.70. The van der Waals surface area contributed by atoms with Gasteiger partial charge in [0.2, 0.25) is 0 Å². The molecule has 0 unspecified atom stereocenters. The van der Waals surface area contributed by atoms with Crippen molar-refractivity contribution in [1.82, 2.24) is 10.6 Å². The Hall–Kier alpha value is -4.39. The summed E-state index contributed by atoms with van der Waals surface area (Å²) in [6.45, 7) is 11.1. The Morgan fingerprint density at radius 3 is 1.63 bits per heavy atom. The van der Waals surface area contributed by atoms with Crippen LogP contribution >= 0.6 is 0 Å². The van der Waals surface area contributed by atoms with Crippen LogP contribution in [0.25, 0.3) is 0 Å². The molecule has 0 radical (unpaired) electrons. The molecule has 2 heterocycles. The zero-order chi connectivity index (χ0) is 31.3. The topological polar surface area (TPSA) is 81.8 Å². The lowest BCUT2D eigenvalue weighted by molar-refractivity contribution is -0.111. The van der Waals surface area contributed by atoms with Crippen molar-refractivity contribution in [1.29, 1.82) is 0 Å². The van der Waals surface area contributed by atoms with Gasteiger partial charge in [-0.25, -0.2) is 0 Å². The summed E-state index contributed by atoms with van der Waals surface area (Å²) in [6.07, 6.45) is 9.47. The molecule has 2 aromatic rings. The van der Waals surface area contributed by atoms with E-state index in [1.807, 2.05) is 69.6 Å². The summed E-state index contributed by atoms with van der Waals surface area (Å²) in [5.41, 5.74) is 8.74. The second-order valence-electron chi connectivity index (χ2n) is 12.6. The van der Waals surface area contributed by atoms with Crippen molar-refractivity contribution in [2.45, 2.75) is 58.3 Å². The largest absolute Gasteiger partial charge is 0.355 e. The van der Waals surface area contributed by atoms with E-state index in [1.54, 1.807) is 7.05 Å². The lowest BCUT2D eigenvalue weighted by atomic mass is 9.83. The molecule has 0 bridgehead atoms. The number of hydrogen-bond acceptors (Lipinski definition) is 5. The van der Waals surface area contributed by atoms with Crippen LogP contribution in [0.5, 0.6) is 0 Å². The Morgan fingerprint density at radius 1 is 0.767 bits per heavy atom. The molecule has 0 aromatic heterocycles. The van der Waals surface area contributed by atoms with E-state index in [4.69, 9.17) is 0 Å². The van der Waals surface area contributed by atoms with Gasteiger partial charge < -0.3 is 20.4 Å². The van der Waals surface area contributed by atoms with Crippen molar-refractivity contribution in [2.75, 3.05) is 37.5 Å². The summed E-state index contributed by atoms with van der Waals surface area (Å²) in [6, 6.07) is 11.7. The molecule has 224 valence electrons. The normalized spacial score (nSPS) is 22.1. The maximum Gasteiger partial charge on any atom is 0.251 e. The number of hydrogen-bond donors (Lipinski definition) is 2. The first-order valence-corrected chi connectivity index (χ1v) is 15.0. The quantitative estimate of drug-likeness (QED) is 0.430. The Kier molecular flexibility index (Phi) is 7.71. The molecule has 2 N–H and O–H groups in total. The highest BCUT2D eigenvalue weighted by molar-refractivity contribution is 6.11. The Morgan fingerprint density at radius 2 is 1.21 bits per heavy atom. The number of anilines is 2. The Labute approximate surface area is 255 Å². The van der Waals surface area contributed by atoms with Crippen molar-refractivity contribution in [3.8, 4) is 0 Å². The molecule has 43 heavy (non-hydrogen) atoms. The van der Waals surface area contributed by atoms with E-state index >= 15 is 0 Å². The monoisotopic (exact) mass is 578 g/mol. The molecule has 2 aliphatic heterocycles. The molecule has 2 amide bonds. The Balaban J connectivity index is 1.39. The zero-order valence-electron chi connectivity index (χ0n) is 26.5. The van der Waals surface area contributed by atoms with Gasteiger partial charge in [0.05, 0.1) is 0 Å². The van der Waals surface area contributed by atoms with Crippen LogP contribution in [0.15, 0.2) is 83.2 Å². The lowest BCUT2D eigenvalue weighted by Crippen LogP contribution is -2.24. The molecule has 1 saturated carbocycles. The second-order valence-corrected chi connectivity index (χ2v) is 12.6. The smallest absolute Gasteiger partial charge is 0.251 e. The van der Waals surface area contributed by atoms with Crippen LogP contribution in [0.2, 0.25) is 0 Å². The van der Waals surface area contributed by atoms with E-state index in [9.17, 15) is 14.4 Å². The fourth-order valence-electron chi connectivity index (χ4n) is 6.74. The molecule has 3 aliphatic rings. The van der Waals surface area contributed by atoms with Gasteiger partial charge >= 0.3 is 0 Å². The minimum Gasteiger partial charge on any atom is -0.355 e. The van der Waals surface area contributed by atoms with Gasteiger partial charge in [-0.2, -0.15) is 0 Å². The summed E-state index contributed by atoms with van der Waals surface area (Å²) in [5.74, 6) is -0.0910. The molecule has 1 fully saturated rings. The van der Waals surface area contributed by atoms with E-state index in [-0.39, 0.29) is 28.4 Å². The zero-order valence-corrected chi connectivity index (χ0v) is 26.5. The van der Waals surface area contributed by atoms with Gasteiger partial charge in [-0.1, -0.05) is 39.8 Å². The first-order valence-electron chi connectivity index (χ1n) is 15.0. The summed E-state index contributed by atoms with van der Waals surface area (Å²) in [5, 5.41) is 5.58. The number of likely N-dealkylation sites (N-methyl/N-ethyl adjacent to an activating group) is 2. The molecule has 5 rings (SSSR count). The number of allylic oxidation sites excluding steroid dienone is 8. The van der Waals surface area contributed by atoms with Crippen LogP contribution in [-0.2, 0) is 15.6 Å². The number of Topliss-reactive ketones (excluding diaryl/α,β-unsaturated/α-hetero) is 1. The highest BCUT2D eigenvalue weighted by Crippen LogP contribution is 2.48. The third-order valence-corrected chi connectivity index (χ3v) is 9.29. The fourth-order valence-corrected chi connectivity index (χ4v) is 6.74. The van der Waals surface area contributed by atoms with E-state index in [0.29, 0.717) is 30.5 Å². The number of nitrogens with one attached hydrogen (secondary N) is 2. The van der Waals surface area contributed by atoms with Gasteiger partial charge in [0, 0.05) is 83.6 Å². The highest BCUT2D eigenvalue weighted by Gasteiger charge is 2.40. The fraction of sp³-hybridized carbons (Fsp3) is 0.361. The average Bonchev–Trinajstić information content (AvgIpc) is 3.50. The SMILES string of the molecule is CCNC(=O)c1ccc2c(c1)C(C)(C)C(=C/C=C1\CC/C(=C\C=C3N(C)c4ccc(C(=O)NC)cc4C3(C)C)C1=O)N2C. The number of ketones is 1. The molecule has 0 spiro atoms. The summed E-state index contributed by atoms with van der Waals surface area (Å²) < 4.78 is 0. The van der Waals surface area contributed by atoms with Crippen molar-refractivity contribution in [3.05, 3.63) is 105 Å². The van der Waals surface area contributed by atoms with Crippen LogP contribution in [0.1, 0.15) is 79.3 Å². The maximum atomic E-state index is 13.5. The number of amides is 2. The second kappa shape index (κ2) is 11.0. The van der Waals surface area contributed by atoms with Crippen LogP contribution in [-0.4, -0.2) is 45.3 Å². The Bertz CT molecular complexity index is 1650. The third kappa shape index (κ3) is 5.01. The van der Waals surface area contributed by atoms with E-state index in [2.05, 4.69) is 60.3 Å². The van der Waals surface area contributed by atoms with Crippen LogP contribution < -0.4 is 20.4 Å². The molecule has 2 aromatic carbocycles. The number of carbonyl (C=O) groups is 3. The third-order valence-electron chi connectivity index (χ3n) is 9.29. The first kappa shape index (κ1) is 30.1. The van der Waals surface area contributed by atoms with Crippen LogP contribution in [0, 0.1) is 0 Å². The van der Waals surface area contributed by atoms with Crippen LogP contribution in [0.3, 0.4) is 0 Å². The molecule has 0 saturated heterocycles. The van der Waals surface area contributed by atoms with E-state index in [1.165, 1.54) is 0 Å². The maximum absolute atomic E-state index is 13.5. The van der Waals surface area contributed by atoms with Gasteiger partial charge in [0.1, 0.15) is 0 Å². The number of carbonyl (C=O) groups excluding carboxylic acids is 3. The van der Waals surface area contributed by atoms with Crippen LogP contribution in [0.4, 0.5) is 11.4 Å². The minimum absolute atomic E-state index is 0.0705. The van der Waals surface area contributed by atoms with Crippen molar-refractivity contribution >= 4 is 29.0 Å². The summed E-state index contributed by atoms with van der Waals surface area (Å²) in [4.78, 5) is 42.5. The summed E-state index contributed by atoms with van der Waals surface area (Å²) >= 11 is 0. The number of nitrogens with zero attached hydrogens (tertiary/aromatic N) is 2. The first-order chi connectivity index (χ1) is 20.3. The van der Waals surface area contributed by atoms with Gasteiger partial charge in [-0.15, -0.1) is 0 Å². The predicted octanol–water partition coefficient (Wildman–Crippen LogP) is 5.93. The van der Waals surface area contributed by atoms with Gasteiger partial charge in [0.15, 0.2) is 5.78 Å².